The summed E-state index contributed by atoms with van der Waals surface area (Å²) in [6, 6.07) is 10.8. The van der Waals surface area contributed by atoms with Gasteiger partial charge < -0.3 is 24.3 Å². The molecule has 0 radical (unpaired) electrons. The number of carbonyl (C=O) groups is 3. The molecule has 0 spiro atoms. The van der Waals surface area contributed by atoms with Crippen molar-refractivity contribution in [3.63, 3.8) is 0 Å². The minimum atomic E-state index is -0.664. The van der Waals surface area contributed by atoms with Crippen LogP contribution in [0.4, 0.5) is 5.69 Å². The molecule has 0 aliphatic carbocycles. The highest BCUT2D eigenvalue weighted by Crippen LogP contribution is 2.37. The Morgan fingerprint density at radius 1 is 1.09 bits per heavy atom. The van der Waals surface area contributed by atoms with Crippen molar-refractivity contribution in [2.45, 2.75) is 6.92 Å². The molecule has 2 aromatic rings. The second-order valence-electron chi connectivity index (χ2n) is 6.32. The summed E-state index contributed by atoms with van der Waals surface area (Å²) in [5.41, 5.74) is 0.906. The van der Waals surface area contributed by atoms with E-state index in [0.29, 0.717) is 16.8 Å². The quantitative estimate of drug-likeness (QED) is 0.333. The van der Waals surface area contributed by atoms with Crippen molar-refractivity contribution < 1.29 is 33.3 Å². The number of hydrogen-bond acceptors (Lipinski definition) is 8. The molecule has 0 aromatic heterocycles. The number of nitrogens with one attached hydrogen (secondary N) is 1. The maximum atomic E-state index is 12.6. The number of carbonyl (C=O) groups excluding carboxylic acids is 3. The number of anilines is 1. The zero-order chi connectivity index (χ0) is 24.4. The fraction of sp³-hybridized carbons (Fsp3) is 0.217. The van der Waals surface area contributed by atoms with Crippen molar-refractivity contribution in [1.29, 1.82) is 5.26 Å². The molecule has 0 atom stereocenters. The number of ether oxygens (including phenoxy) is 4. The van der Waals surface area contributed by atoms with E-state index in [9.17, 15) is 19.6 Å². The molecule has 0 unspecified atom stereocenters. The molecule has 33 heavy (non-hydrogen) atoms. The number of halogens is 1. The Labute approximate surface area is 195 Å². The molecule has 2 rings (SSSR count). The molecule has 0 saturated carbocycles. The molecule has 2 aromatic carbocycles. The van der Waals surface area contributed by atoms with Gasteiger partial charge in [-0.25, -0.2) is 9.59 Å². The van der Waals surface area contributed by atoms with Gasteiger partial charge in [0.15, 0.2) is 18.1 Å². The predicted molar refractivity (Wildman–Crippen MR) is 120 cm³/mol. The number of amides is 1. The Morgan fingerprint density at radius 3 is 2.36 bits per heavy atom. The molecule has 9 nitrogen and oxygen atoms in total. The number of benzene rings is 2. The van der Waals surface area contributed by atoms with Gasteiger partial charge in [0.1, 0.15) is 11.6 Å². The first-order chi connectivity index (χ1) is 15.8. The average Bonchev–Trinajstić information content (AvgIpc) is 2.81. The van der Waals surface area contributed by atoms with Gasteiger partial charge in [-0.15, -0.1) is 0 Å². The van der Waals surface area contributed by atoms with Crippen LogP contribution >= 0.6 is 11.6 Å². The summed E-state index contributed by atoms with van der Waals surface area (Å²) in [7, 11) is 2.50. The molecular weight excluding hydrogens is 452 g/mol. The highest BCUT2D eigenvalue weighted by Gasteiger charge is 2.16. The van der Waals surface area contributed by atoms with Crippen LogP contribution in [0.25, 0.3) is 6.08 Å². The maximum absolute atomic E-state index is 12.6. The van der Waals surface area contributed by atoms with E-state index in [0.717, 1.165) is 0 Å². The molecule has 0 bridgehead atoms. The highest BCUT2D eigenvalue weighted by atomic mass is 35.5. The van der Waals surface area contributed by atoms with Gasteiger partial charge >= 0.3 is 11.9 Å². The summed E-state index contributed by atoms with van der Waals surface area (Å²) in [5, 5.41) is 12.2. The number of hydrogen-bond donors (Lipinski definition) is 1. The maximum Gasteiger partial charge on any atom is 0.343 e. The topological polar surface area (TPSA) is 124 Å². The predicted octanol–water partition coefficient (Wildman–Crippen LogP) is 3.62. The zero-order valence-electron chi connectivity index (χ0n) is 18.1. The zero-order valence-corrected chi connectivity index (χ0v) is 18.9. The minimum Gasteiger partial charge on any atom is -0.490 e. The van der Waals surface area contributed by atoms with E-state index in [1.807, 2.05) is 6.07 Å². The van der Waals surface area contributed by atoms with Crippen molar-refractivity contribution in [1.82, 2.24) is 0 Å². The van der Waals surface area contributed by atoms with Crippen LogP contribution in [-0.4, -0.2) is 45.3 Å². The van der Waals surface area contributed by atoms with Crippen LogP contribution in [0.15, 0.2) is 42.0 Å². The van der Waals surface area contributed by atoms with Gasteiger partial charge in [0, 0.05) is 5.69 Å². The van der Waals surface area contributed by atoms with Crippen molar-refractivity contribution in [2.75, 3.05) is 32.8 Å². The van der Waals surface area contributed by atoms with E-state index < -0.39 is 17.8 Å². The first-order valence-electron chi connectivity index (χ1n) is 9.60. The van der Waals surface area contributed by atoms with Crippen molar-refractivity contribution in [2.24, 2.45) is 0 Å². The summed E-state index contributed by atoms with van der Waals surface area (Å²) in [6.07, 6.45) is 1.33. The third-order valence-corrected chi connectivity index (χ3v) is 4.41. The van der Waals surface area contributed by atoms with E-state index in [2.05, 4.69) is 14.8 Å². The van der Waals surface area contributed by atoms with Crippen molar-refractivity contribution >= 4 is 41.2 Å². The second kappa shape index (κ2) is 12.1. The molecule has 1 amide bonds. The van der Waals surface area contributed by atoms with Gasteiger partial charge in [-0.1, -0.05) is 11.6 Å². The van der Waals surface area contributed by atoms with Crippen LogP contribution in [0.3, 0.4) is 0 Å². The van der Waals surface area contributed by atoms with Crippen LogP contribution in [0.1, 0.15) is 22.8 Å². The average molecular weight is 473 g/mol. The Kier molecular flexibility index (Phi) is 9.27. The molecule has 0 aliphatic heterocycles. The summed E-state index contributed by atoms with van der Waals surface area (Å²) in [5.74, 6) is -1.40. The molecule has 0 aliphatic rings. The summed E-state index contributed by atoms with van der Waals surface area (Å²) in [4.78, 5) is 35.4. The molecule has 0 fully saturated rings. The number of esters is 2. The Morgan fingerprint density at radius 2 is 1.79 bits per heavy atom. The Balaban J connectivity index is 2.26. The SMILES string of the molecule is CCOc1cc(/C=C(\C#N)C(=O)Nc2ccc(C(=O)OC)cc2)cc(Cl)c1OCC(=O)OC. The van der Waals surface area contributed by atoms with Gasteiger partial charge in [-0.05, 0) is 55.0 Å². The molecular formula is C23H21ClN2O7. The molecule has 172 valence electrons. The fourth-order valence-electron chi connectivity index (χ4n) is 2.59. The van der Waals surface area contributed by atoms with Crippen LogP contribution in [0.5, 0.6) is 11.5 Å². The van der Waals surface area contributed by atoms with Crippen LogP contribution in [-0.2, 0) is 19.1 Å². The third kappa shape index (κ3) is 6.98. The number of nitrogens with zero attached hydrogens (tertiary/aromatic N) is 1. The van der Waals surface area contributed by atoms with Crippen molar-refractivity contribution in [3.8, 4) is 17.6 Å². The molecule has 0 heterocycles. The first-order valence-corrected chi connectivity index (χ1v) is 9.98. The largest absolute Gasteiger partial charge is 0.490 e. The second-order valence-corrected chi connectivity index (χ2v) is 6.73. The van der Waals surface area contributed by atoms with Crippen LogP contribution in [0.2, 0.25) is 5.02 Å². The smallest absolute Gasteiger partial charge is 0.343 e. The minimum absolute atomic E-state index is 0.118. The molecule has 10 heteroatoms. The van der Waals surface area contributed by atoms with Gasteiger partial charge in [-0.3, -0.25) is 4.79 Å². The summed E-state index contributed by atoms with van der Waals surface area (Å²) >= 11 is 6.28. The monoisotopic (exact) mass is 472 g/mol. The number of nitriles is 1. The van der Waals surface area contributed by atoms with E-state index >= 15 is 0 Å². The highest BCUT2D eigenvalue weighted by molar-refractivity contribution is 6.32. The van der Waals surface area contributed by atoms with Crippen LogP contribution in [0, 0.1) is 11.3 Å². The first kappa shape index (κ1) is 25.2. The van der Waals surface area contributed by atoms with E-state index in [1.165, 1.54) is 56.7 Å². The van der Waals surface area contributed by atoms with Crippen LogP contribution < -0.4 is 14.8 Å². The van der Waals surface area contributed by atoms with E-state index in [-0.39, 0.29) is 35.3 Å². The lowest BCUT2D eigenvalue weighted by molar-refractivity contribution is -0.142. The summed E-state index contributed by atoms with van der Waals surface area (Å²) in [6.45, 7) is 1.66. The Bertz CT molecular complexity index is 1110. The lowest BCUT2D eigenvalue weighted by atomic mass is 10.1. The molecule has 1 N–H and O–H groups in total. The van der Waals surface area contributed by atoms with Gasteiger partial charge in [0.2, 0.25) is 0 Å². The lowest BCUT2D eigenvalue weighted by Crippen LogP contribution is -2.14. The van der Waals surface area contributed by atoms with E-state index in [4.69, 9.17) is 21.1 Å². The number of methoxy groups -OCH3 is 2. The standard InChI is InChI=1S/C23H21ClN2O7/c1-4-32-19-11-14(10-18(24)21(19)33-13-20(27)30-2)9-16(12-25)22(28)26-17-7-5-15(6-8-17)23(29)31-3/h5-11H,4,13H2,1-3H3,(H,26,28)/b16-9+. The lowest BCUT2D eigenvalue weighted by Gasteiger charge is -2.14. The molecule has 0 saturated heterocycles. The van der Waals surface area contributed by atoms with Gasteiger partial charge in [-0.2, -0.15) is 5.26 Å². The normalized spacial score (nSPS) is 10.6. The van der Waals surface area contributed by atoms with Gasteiger partial charge in [0.25, 0.3) is 5.91 Å². The number of rotatable bonds is 9. The van der Waals surface area contributed by atoms with Gasteiger partial charge in [0.05, 0.1) is 31.4 Å². The third-order valence-electron chi connectivity index (χ3n) is 4.13. The van der Waals surface area contributed by atoms with Crippen molar-refractivity contribution in [3.05, 3.63) is 58.1 Å². The Hall–Kier alpha value is -4.03. The summed E-state index contributed by atoms with van der Waals surface area (Å²) < 4.78 is 20.1. The van der Waals surface area contributed by atoms with E-state index in [1.54, 1.807) is 6.92 Å². The fourth-order valence-corrected chi connectivity index (χ4v) is 2.86.